The van der Waals surface area contributed by atoms with Crippen LogP contribution in [0.25, 0.3) is 0 Å². The highest BCUT2D eigenvalue weighted by Crippen LogP contribution is 1.98. The molecule has 0 aliphatic heterocycles. The molecule has 0 unspecified atom stereocenters. The number of hydrogen-bond acceptors (Lipinski definition) is 3. The predicted molar refractivity (Wildman–Crippen MR) is 47.5 cm³/mol. The fourth-order valence-electron chi connectivity index (χ4n) is 0.599. The van der Waals surface area contributed by atoms with E-state index in [2.05, 4.69) is 15.5 Å². The van der Waals surface area contributed by atoms with Crippen molar-refractivity contribution in [2.75, 3.05) is 11.9 Å². The van der Waals surface area contributed by atoms with E-state index in [0.29, 0.717) is 0 Å². The van der Waals surface area contributed by atoms with Crippen LogP contribution in [0.4, 0.5) is 5.69 Å². The summed E-state index contributed by atoms with van der Waals surface area (Å²) in [6, 6.07) is 1.89. The molecule has 3 heteroatoms. The number of anilines is 1. The second-order valence-electron chi connectivity index (χ2n) is 1.66. The van der Waals surface area contributed by atoms with Crippen LogP contribution in [-0.2, 0) is 0 Å². The summed E-state index contributed by atoms with van der Waals surface area (Å²) in [6.45, 7) is 6.96. The molecule has 62 valence electrons. The van der Waals surface area contributed by atoms with Crippen LogP contribution < -0.4 is 5.32 Å². The summed E-state index contributed by atoms with van der Waals surface area (Å²) in [7, 11) is 0. The highest BCUT2D eigenvalue weighted by atomic mass is 15.1. The largest absolute Gasteiger partial charge is 0.384 e. The van der Waals surface area contributed by atoms with Crippen LogP contribution in [0.15, 0.2) is 18.5 Å². The Labute approximate surface area is 67.9 Å². The molecule has 0 atom stereocenters. The summed E-state index contributed by atoms with van der Waals surface area (Å²) in [5.74, 6) is 0. The summed E-state index contributed by atoms with van der Waals surface area (Å²) in [4.78, 5) is 0. The number of nitrogens with zero attached hydrogens (tertiary/aromatic N) is 2. The van der Waals surface area contributed by atoms with Crippen molar-refractivity contribution in [2.24, 2.45) is 0 Å². The van der Waals surface area contributed by atoms with Crippen LogP contribution in [0.1, 0.15) is 20.8 Å². The Morgan fingerprint density at radius 1 is 1.36 bits per heavy atom. The molecule has 0 amide bonds. The van der Waals surface area contributed by atoms with Gasteiger partial charge in [-0.1, -0.05) is 13.8 Å². The summed E-state index contributed by atoms with van der Waals surface area (Å²) in [6.07, 6.45) is 3.36. The summed E-state index contributed by atoms with van der Waals surface area (Å²) < 4.78 is 0. The van der Waals surface area contributed by atoms with Crippen LogP contribution in [0.2, 0.25) is 0 Å². The number of rotatable bonds is 2. The predicted octanol–water partition coefficient (Wildman–Crippen LogP) is 1.93. The summed E-state index contributed by atoms with van der Waals surface area (Å²) in [5.41, 5.74) is 1.02. The van der Waals surface area contributed by atoms with E-state index < -0.39 is 0 Å². The van der Waals surface area contributed by atoms with Crippen LogP contribution in [0.5, 0.6) is 0 Å². The number of hydrogen-bond donors (Lipinski definition) is 1. The van der Waals surface area contributed by atoms with E-state index in [1.165, 1.54) is 0 Å². The first-order valence-corrected chi connectivity index (χ1v) is 3.94. The highest BCUT2D eigenvalue weighted by molar-refractivity contribution is 5.37. The van der Waals surface area contributed by atoms with Gasteiger partial charge in [-0.05, 0) is 13.0 Å². The van der Waals surface area contributed by atoms with Crippen molar-refractivity contribution >= 4 is 5.69 Å². The zero-order chi connectivity index (χ0) is 8.53. The lowest BCUT2D eigenvalue weighted by Gasteiger charge is -1.97. The van der Waals surface area contributed by atoms with Crippen molar-refractivity contribution in [3.63, 3.8) is 0 Å². The van der Waals surface area contributed by atoms with Crippen molar-refractivity contribution in [1.29, 1.82) is 0 Å². The molecule has 1 rings (SSSR count). The number of nitrogens with one attached hydrogen (secondary N) is 1. The fourth-order valence-corrected chi connectivity index (χ4v) is 0.599. The molecule has 0 saturated heterocycles. The SMILES string of the molecule is CC.CCNc1ccnnc1. The van der Waals surface area contributed by atoms with E-state index in [-0.39, 0.29) is 0 Å². The van der Waals surface area contributed by atoms with Crippen molar-refractivity contribution in [1.82, 2.24) is 10.2 Å². The lowest BCUT2D eigenvalue weighted by atomic mass is 10.5. The molecule has 1 aromatic rings. The minimum Gasteiger partial charge on any atom is -0.384 e. The molecule has 1 aromatic heterocycles. The molecule has 0 bridgehead atoms. The van der Waals surface area contributed by atoms with Gasteiger partial charge in [0.15, 0.2) is 0 Å². The molecule has 1 N–H and O–H groups in total. The summed E-state index contributed by atoms with van der Waals surface area (Å²) in [5, 5.41) is 10.4. The van der Waals surface area contributed by atoms with Crippen molar-refractivity contribution < 1.29 is 0 Å². The van der Waals surface area contributed by atoms with Gasteiger partial charge in [-0.3, -0.25) is 0 Å². The maximum Gasteiger partial charge on any atom is 0.0727 e. The lowest BCUT2D eigenvalue weighted by molar-refractivity contribution is 1.02. The highest BCUT2D eigenvalue weighted by Gasteiger charge is 1.83. The Bertz CT molecular complexity index is 162. The molecule has 0 spiro atoms. The van der Waals surface area contributed by atoms with Crippen LogP contribution in [0.3, 0.4) is 0 Å². The van der Waals surface area contributed by atoms with Crippen molar-refractivity contribution in [3.05, 3.63) is 18.5 Å². The Kier molecular flexibility index (Phi) is 6.28. The average Bonchev–Trinajstić information content (AvgIpc) is 2.11. The molecule has 1 heterocycles. The molecule has 0 radical (unpaired) electrons. The quantitative estimate of drug-likeness (QED) is 0.705. The normalized spacial score (nSPS) is 7.91. The van der Waals surface area contributed by atoms with Gasteiger partial charge in [0.2, 0.25) is 0 Å². The zero-order valence-corrected chi connectivity index (χ0v) is 7.33. The van der Waals surface area contributed by atoms with Gasteiger partial charge in [0.25, 0.3) is 0 Å². The lowest BCUT2D eigenvalue weighted by Crippen LogP contribution is -1.96. The third-order valence-electron chi connectivity index (χ3n) is 0.965. The molecule has 0 saturated carbocycles. The second-order valence-corrected chi connectivity index (χ2v) is 1.66. The Hall–Kier alpha value is -1.12. The maximum atomic E-state index is 3.69. The van der Waals surface area contributed by atoms with Gasteiger partial charge in [-0.15, -0.1) is 0 Å². The summed E-state index contributed by atoms with van der Waals surface area (Å²) >= 11 is 0. The minimum atomic E-state index is 0.922. The second kappa shape index (κ2) is 6.99. The average molecular weight is 153 g/mol. The van der Waals surface area contributed by atoms with E-state index in [9.17, 15) is 0 Å². The van der Waals surface area contributed by atoms with Gasteiger partial charge in [0, 0.05) is 6.54 Å². The van der Waals surface area contributed by atoms with Gasteiger partial charge < -0.3 is 5.32 Å². The third-order valence-corrected chi connectivity index (χ3v) is 0.965. The minimum absolute atomic E-state index is 0.922. The fraction of sp³-hybridized carbons (Fsp3) is 0.500. The van der Waals surface area contributed by atoms with Crippen LogP contribution in [0, 0.1) is 0 Å². The van der Waals surface area contributed by atoms with Crippen LogP contribution >= 0.6 is 0 Å². The molecule has 0 fully saturated rings. The van der Waals surface area contributed by atoms with Gasteiger partial charge in [-0.2, -0.15) is 10.2 Å². The third kappa shape index (κ3) is 4.31. The zero-order valence-electron chi connectivity index (χ0n) is 7.33. The molecule has 3 nitrogen and oxygen atoms in total. The molecular weight excluding hydrogens is 138 g/mol. The molecule has 0 aliphatic rings. The van der Waals surface area contributed by atoms with Gasteiger partial charge in [-0.25, -0.2) is 0 Å². The van der Waals surface area contributed by atoms with E-state index in [1.807, 2.05) is 26.8 Å². The maximum absolute atomic E-state index is 3.69. The molecule has 0 aliphatic carbocycles. The molecule has 0 aromatic carbocycles. The van der Waals surface area contributed by atoms with Gasteiger partial charge in [0.1, 0.15) is 0 Å². The molecule has 11 heavy (non-hydrogen) atoms. The first-order valence-electron chi connectivity index (χ1n) is 3.94. The molecular formula is C8H15N3. The first kappa shape index (κ1) is 9.88. The monoisotopic (exact) mass is 153 g/mol. The van der Waals surface area contributed by atoms with E-state index >= 15 is 0 Å². The Morgan fingerprint density at radius 2 is 2.09 bits per heavy atom. The van der Waals surface area contributed by atoms with Gasteiger partial charge >= 0.3 is 0 Å². The first-order chi connectivity index (χ1) is 5.43. The smallest absolute Gasteiger partial charge is 0.0727 e. The van der Waals surface area contributed by atoms with E-state index in [1.54, 1.807) is 12.4 Å². The Balaban J connectivity index is 0.000000461. The van der Waals surface area contributed by atoms with E-state index in [0.717, 1.165) is 12.2 Å². The number of aromatic nitrogens is 2. The van der Waals surface area contributed by atoms with Crippen LogP contribution in [-0.4, -0.2) is 16.7 Å². The Morgan fingerprint density at radius 3 is 2.55 bits per heavy atom. The van der Waals surface area contributed by atoms with Crippen molar-refractivity contribution in [3.8, 4) is 0 Å². The van der Waals surface area contributed by atoms with E-state index in [4.69, 9.17) is 0 Å². The topological polar surface area (TPSA) is 37.8 Å². The van der Waals surface area contributed by atoms with Gasteiger partial charge in [0.05, 0.1) is 18.1 Å². The van der Waals surface area contributed by atoms with Crippen molar-refractivity contribution in [2.45, 2.75) is 20.8 Å². The standard InChI is InChI=1S/C6H9N3.C2H6/c1-2-7-6-3-4-8-9-5-6;1-2/h3-5H,2H2,1H3,(H,7,8);1-2H3.